The summed E-state index contributed by atoms with van der Waals surface area (Å²) in [6.07, 6.45) is 11.8. The molecule has 0 unspecified atom stereocenters. The molecule has 5 rings (SSSR count). The summed E-state index contributed by atoms with van der Waals surface area (Å²) in [6.45, 7) is 2.70. The van der Waals surface area contributed by atoms with Gasteiger partial charge in [0.1, 0.15) is 5.82 Å². The lowest BCUT2D eigenvalue weighted by atomic mass is 9.99. The van der Waals surface area contributed by atoms with Crippen molar-refractivity contribution >= 4 is 27.8 Å². The third-order valence-electron chi connectivity index (χ3n) is 6.51. The number of benzene rings is 1. The number of urea groups is 1. The molecule has 0 aliphatic heterocycles. The van der Waals surface area contributed by atoms with Crippen LogP contribution in [0.2, 0.25) is 0 Å². The van der Waals surface area contributed by atoms with E-state index in [1.807, 2.05) is 17.7 Å². The van der Waals surface area contributed by atoms with Crippen molar-refractivity contribution in [2.75, 3.05) is 5.32 Å². The van der Waals surface area contributed by atoms with Crippen molar-refractivity contribution in [2.45, 2.75) is 70.8 Å². The molecule has 1 heterocycles. The van der Waals surface area contributed by atoms with Crippen LogP contribution in [0, 0.1) is 0 Å². The van der Waals surface area contributed by atoms with Gasteiger partial charge >= 0.3 is 6.03 Å². The smallest absolute Gasteiger partial charge is 0.331 e. The average molecular weight is 441 g/mol. The number of nitrogens with zero attached hydrogens (tertiary/aromatic N) is 2. The van der Waals surface area contributed by atoms with Crippen LogP contribution in [0.4, 0.5) is 10.5 Å². The van der Waals surface area contributed by atoms with Crippen molar-refractivity contribution in [3.8, 4) is 0 Å². The summed E-state index contributed by atoms with van der Waals surface area (Å²) in [5.74, 6) is 1.09. The molecule has 0 spiro atoms. The normalized spacial score (nSPS) is 17.7. The highest BCUT2D eigenvalue weighted by Crippen LogP contribution is 2.40. The Morgan fingerprint density at radius 3 is 2.45 bits per heavy atom. The molecule has 0 radical (unpaired) electrons. The Morgan fingerprint density at radius 2 is 1.84 bits per heavy atom. The van der Waals surface area contributed by atoms with Crippen molar-refractivity contribution in [1.82, 2.24) is 14.3 Å². The maximum atomic E-state index is 12.6. The Hall–Kier alpha value is -2.61. The fourth-order valence-electron chi connectivity index (χ4n) is 4.83. The van der Waals surface area contributed by atoms with Crippen molar-refractivity contribution < 1.29 is 13.2 Å². The van der Waals surface area contributed by atoms with Gasteiger partial charge in [-0.1, -0.05) is 6.07 Å². The van der Waals surface area contributed by atoms with Crippen LogP contribution < -0.4 is 10.0 Å². The largest absolute Gasteiger partial charge is 0.333 e. The van der Waals surface area contributed by atoms with Gasteiger partial charge in [0.2, 0.25) is 0 Å². The molecule has 1 saturated carbocycles. The molecule has 1 aromatic carbocycles. The van der Waals surface area contributed by atoms with Crippen LogP contribution in [0.5, 0.6) is 0 Å². The number of carbonyl (C=O) groups excluding carboxylic acids is 1. The first-order valence-corrected chi connectivity index (χ1v) is 12.7. The number of fused-ring (bicyclic) bond motifs is 2. The second kappa shape index (κ2) is 7.82. The van der Waals surface area contributed by atoms with Crippen LogP contribution >= 0.6 is 0 Å². The summed E-state index contributed by atoms with van der Waals surface area (Å²) in [5.41, 5.74) is 6.75. The van der Waals surface area contributed by atoms with Gasteiger partial charge in [0, 0.05) is 24.3 Å². The number of imidazole rings is 1. The van der Waals surface area contributed by atoms with Crippen LogP contribution in [-0.2, 0) is 42.3 Å². The zero-order valence-electron chi connectivity index (χ0n) is 17.8. The molecular formula is C23H28N4O3S. The van der Waals surface area contributed by atoms with Gasteiger partial charge in [-0.25, -0.2) is 22.9 Å². The molecule has 1 fully saturated rings. The van der Waals surface area contributed by atoms with Crippen LogP contribution in [0.1, 0.15) is 72.3 Å². The number of nitrogens with one attached hydrogen (secondary N) is 2. The number of aryl methyl sites for hydroxylation is 3. The van der Waals surface area contributed by atoms with Gasteiger partial charge in [-0.3, -0.25) is 0 Å². The molecular weight excluding hydrogens is 412 g/mol. The van der Waals surface area contributed by atoms with E-state index in [0.29, 0.717) is 18.3 Å². The molecule has 2 N–H and O–H groups in total. The Morgan fingerprint density at radius 1 is 1.16 bits per heavy atom. The highest BCUT2D eigenvalue weighted by Gasteiger charge is 2.27. The summed E-state index contributed by atoms with van der Waals surface area (Å²) in [5, 5.41) is 3.89. The molecule has 0 bridgehead atoms. The van der Waals surface area contributed by atoms with E-state index in [2.05, 4.69) is 21.1 Å². The zero-order valence-corrected chi connectivity index (χ0v) is 18.6. The van der Waals surface area contributed by atoms with E-state index >= 15 is 0 Å². The number of sulfonamides is 1. The van der Waals surface area contributed by atoms with Gasteiger partial charge in [0.15, 0.2) is 0 Å². The van der Waals surface area contributed by atoms with Gasteiger partial charge in [-0.05, 0) is 86.6 Å². The van der Waals surface area contributed by atoms with Gasteiger partial charge in [-0.2, -0.15) is 0 Å². The number of hydrogen-bond donors (Lipinski definition) is 2. The van der Waals surface area contributed by atoms with Crippen LogP contribution in [0.15, 0.2) is 17.7 Å². The maximum absolute atomic E-state index is 12.6. The van der Waals surface area contributed by atoms with E-state index in [4.69, 9.17) is 0 Å². The number of aromatic nitrogens is 2. The fraction of sp³-hybridized carbons (Fsp3) is 0.478. The Bertz CT molecular complexity index is 1140. The predicted octanol–water partition coefficient (Wildman–Crippen LogP) is 3.88. The summed E-state index contributed by atoms with van der Waals surface area (Å²) in [7, 11) is -3.94. The maximum Gasteiger partial charge on any atom is 0.333 e. The third kappa shape index (κ3) is 4.13. The van der Waals surface area contributed by atoms with Crippen LogP contribution in [0.25, 0.3) is 6.08 Å². The SMILES string of the molecule is CCn1cc(C2CC2)nc1/C=C/S(=O)(=O)NC(=O)Nc1c2c(cc3c1CCC3)CCC2. The average Bonchev–Trinajstić information content (AvgIpc) is 3.14. The summed E-state index contributed by atoms with van der Waals surface area (Å²) in [4.78, 5) is 17.2. The van der Waals surface area contributed by atoms with Gasteiger partial charge in [0.05, 0.1) is 11.1 Å². The summed E-state index contributed by atoms with van der Waals surface area (Å²) >= 11 is 0. The standard InChI is InChI=1S/C23H28N4O3S/c1-2-27-14-20(15-9-10-15)24-21(27)11-12-31(29,30)26-23(28)25-22-18-7-3-5-16(18)13-17-6-4-8-19(17)22/h11-15H,2-10H2,1H3,(H2,25,26,28)/b12-11+. The van der Waals surface area contributed by atoms with Crippen molar-refractivity contribution in [3.05, 3.63) is 51.4 Å². The van der Waals surface area contributed by atoms with Crippen LogP contribution in [-0.4, -0.2) is 24.0 Å². The predicted molar refractivity (Wildman–Crippen MR) is 120 cm³/mol. The lowest BCUT2D eigenvalue weighted by Crippen LogP contribution is -2.33. The Labute approximate surface area is 183 Å². The fourth-order valence-corrected chi connectivity index (χ4v) is 5.51. The molecule has 31 heavy (non-hydrogen) atoms. The topological polar surface area (TPSA) is 93.1 Å². The first kappa shape index (κ1) is 20.3. The number of carbonyl (C=O) groups is 1. The van der Waals surface area contributed by atoms with E-state index in [0.717, 1.165) is 68.2 Å². The second-order valence-electron chi connectivity index (χ2n) is 8.72. The number of hydrogen-bond acceptors (Lipinski definition) is 4. The van der Waals surface area contributed by atoms with E-state index in [-0.39, 0.29) is 0 Å². The molecule has 8 heteroatoms. The minimum atomic E-state index is -3.94. The van der Waals surface area contributed by atoms with E-state index in [9.17, 15) is 13.2 Å². The minimum Gasteiger partial charge on any atom is -0.331 e. The summed E-state index contributed by atoms with van der Waals surface area (Å²) in [6, 6.07) is 1.57. The van der Waals surface area contributed by atoms with Crippen molar-refractivity contribution in [3.63, 3.8) is 0 Å². The zero-order chi connectivity index (χ0) is 21.6. The van der Waals surface area contributed by atoms with Crippen molar-refractivity contribution in [1.29, 1.82) is 0 Å². The molecule has 164 valence electrons. The first-order chi connectivity index (χ1) is 14.9. The molecule has 3 aliphatic rings. The molecule has 2 aromatic rings. The van der Waals surface area contributed by atoms with Crippen molar-refractivity contribution in [2.24, 2.45) is 0 Å². The third-order valence-corrected chi connectivity index (χ3v) is 7.47. The molecule has 1 aromatic heterocycles. The molecule has 3 aliphatic carbocycles. The van der Waals surface area contributed by atoms with E-state index < -0.39 is 16.1 Å². The summed E-state index contributed by atoms with van der Waals surface area (Å²) < 4.78 is 29.1. The monoisotopic (exact) mass is 440 g/mol. The highest BCUT2D eigenvalue weighted by atomic mass is 32.2. The van der Waals surface area contributed by atoms with E-state index in [1.165, 1.54) is 28.3 Å². The highest BCUT2D eigenvalue weighted by molar-refractivity contribution is 7.93. The van der Waals surface area contributed by atoms with Crippen LogP contribution in [0.3, 0.4) is 0 Å². The molecule has 2 amide bonds. The number of anilines is 1. The Kier molecular flexibility index (Phi) is 5.12. The quantitative estimate of drug-likeness (QED) is 0.713. The number of amides is 2. The molecule has 0 saturated heterocycles. The second-order valence-corrected chi connectivity index (χ2v) is 10.3. The van der Waals surface area contributed by atoms with E-state index in [1.54, 1.807) is 0 Å². The minimum absolute atomic E-state index is 0.495. The molecule has 7 nitrogen and oxygen atoms in total. The first-order valence-electron chi connectivity index (χ1n) is 11.2. The number of rotatable bonds is 6. The molecule has 0 atom stereocenters. The van der Waals surface area contributed by atoms with Gasteiger partial charge in [0.25, 0.3) is 10.0 Å². The van der Waals surface area contributed by atoms with Gasteiger partial charge < -0.3 is 9.88 Å². The lowest BCUT2D eigenvalue weighted by Gasteiger charge is -2.16. The van der Waals surface area contributed by atoms with Gasteiger partial charge in [-0.15, -0.1) is 0 Å². The lowest BCUT2D eigenvalue weighted by molar-refractivity contribution is 0.256. The Balaban J connectivity index is 1.32.